The van der Waals surface area contributed by atoms with E-state index in [1.165, 1.54) is 0 Å². The highest BCUT2D eigenvalue weighted by molar-refractivity contribution is 7.80. The third-order valence-electron chi connectivity index (χ3n) is 4.97. The maximum atomic E-state index is 13.1. The number of hydrogen-bond acceptors (Lipinski definition) is 5. The Morgan fingerprint density at radius 3 is 2.48 bits per heavy atom. The molecule has 0 saturated heterocycles. The summed E-state index contributed by atoms with van der Waals surface area (Å²) in [5.74, 6) is -0.701. The van der Waals surface area contributed by atoms with E-state index in [-0.39, 0.29) is 16.2 Å². The molecule has 0 spiro atoms. The van der Waals surface area contributed by atoms with Crippen LogP contribution in [0.3, 0.4) is 0 Å². The van der Waals surface area contributed by atoms with Crippen LogP contribution in [0.25, 0.3) is 0 Å². The van der Waals surface area contributed by atoms with E-state index in [1.807, 2.05) is 6.92 Å². The zero-order chi connectivity index (χ0) is 23.4. The predicted octanol–water partition coefficient (Wildman–Crippen LogP) is 4.40. The highest BCUT2D eigenvalue weighted by Gasteiger charge is 2.38. The van der Waals surface area contributed by atoms with Gasteiger partial charge in [-0.25, -0.2) is 4.90 Å². The van der Waals surface area contributed by atoms with Crippen LogP contribution in [0, 0.1) is 0 Å². The number of fused-ring (bicyclic) bond motifs is 1. The molecular formula is C25H21N3O4S. The number of carbonyl (C=O) groups is 3. The van der Waals surface area contributed by atoms with E-state index in [4.69, 9.17) is 17.0 Å². The number of thiocarbonyl (C=S) groups is 1. The molecule has 3 aromatic rings. The molecule has 1 aliphatic rings. The summed E-state index contributed by atoms with van der Waals surface area (Å²) in [6.45, 7) is 2.55. The molecule has 0 saturated carbocycles. The number of nitrogens with zero attached hydrogens (tertiary/aromatic N) is 1. The van der Waals surface area contributed by atoms with Gasteiger partial charge in [0.05, 0.1) is 29.1 Å². The van der Waals surface area contributed by atoms with E-state index in [9.17, 15) is 14.4 Å². The van der Waals surface area contributed by atoms with E-state index < -0.39 is 17.7 Å². The standard InChI is InChI=1S/C25H21N3O4S/c1-2-14-32-18-11-6-8-16(15-18)22(29)27-25(33)26-20-13-7-12-19-21(20)24(31)28(23(19)30)17-9-4-3-5-10-17/h3-13,15H,2,14H2,1H3,(H2,26,27,29,33). The number of imide groups is 1. The molecule has 0 unspecified atom stereocenters. The maximum Gasteiger partial charge on any atom is 0.268 e. The lowest BCUT2D eigenvalue weighted by molar-refractivity contribution is 0.0924. The van der Waals surface area contributed by atoms with Crippen LogP contribution in [0.2, 0.25) is 0 Å². The molecule has 0 aromatic heterocycles. The molecule has 7 nitrogen and oxygen atoms in total. The fraction of sp³-hybridized carbons (Fsp3) is 0.120. The summed E-state index contributed by atoms with van der Waals surface area (Å²) < 4.78 is 5.56. The lowest BCUT2D eigenvalue weighted by atomic mass is 10.1. The van der Waals surface area contributed by atoms with E-state index in [0.29, 0.717) is 29.3 Å². The van der Waals surface area contributed by atoms with Crippen LogP contribution in [0.5, 0.6) is 5.75 Å². The Kier molecular flexibility index (Phi) is 6.46. The van der Waals surface area contributed by atoms with Gasteiger partial charge in [0.1, 0.15) is 5.75 Å². The Balaban J connectivity index is 1.50. The van der Waals surface area contributed by atoms with Gasteiger partial charge in [0.15, 0.2) is 5.11 Å². The molecule has 8 heteroatoms. The summed E-state index contributed by atoms with van der Waals surface area (Å²) in [5, 5.41) is 5.49. The third-order valence-corrected chi connectivity index (χ3v) is 5.18. The number of amides is 3. The number of hydrogen-bond donors (Lipinski definition) is 2. The molecule has 166 valence electrons. The number of benzene rings is 3. The smallest absolute Gasteiger partial charge is 0.268 e. The van der Waals surface area contributed by atoms with Crippen molar-refractivity contribution in [1.82, 2.24) is 5.32 Å². The second-order valence-corrected chi connectivity index (χ2v) is 7.70. The molecule has 0 radical (unpaired) electrons. The van der Waals surface area contributed by atoms with Crippen molar-refractivity contribution in [3.05, 3.63) is 89.5 Å². The van der Waals surface area contributed by atoms with Gasteiger partial charge < -0.3 is 10.1 Å². The predicted molar refractivity (Wildman–Crippen MR) is 130 cm³/mol. The van der Waals surface area contributed by atoms with E-state index in [0.717, 1.165) is 11.3 Å². The average molecular weight is 460 g/mol. The topological polar surface area (TPSA) is 87.7 Å². The fourth-order valence-corrected chi connectivity index (χ4v) is 3.68. The van der Waals surface area contributed by atoms with Gasteiger partial charge in [-0.1, -0.05) is 37.3 Å². The first-order valence-electron chi connectivity index (χ1n) is 10.4. The number of para-hydroxylation sites is 1. The van der Waals surface area contributed by atoms with Gasteiger partial charge in [-0.15, -0.1) is 0 Å². The van der Waals surface area contributed by atoms with Crippen LogP contribution in [0.15, 0.2) is 72.8 Å². The van der Waals surface area contributed by atoms with E-state index in [1.54, 1.807) is 72.8 Å². The zero-order valence-electron chi connectivity index (χ0n) is 17.8. The van der Waals surface area contributed by atoms with Gasteiger partial charge in [0.25, 0.3) is 17.7 Å². The first-order chi connectivity index (χ1) is 16.0. The molecule has 0 fully saturated rings. The molecule has 2 N–H and O–H groups in total. The van der Waals surface area contributed by atoms with Crippen LogP contribution in [-0.4, -0.2) is 29.4 Å². The summed E-state index contributed by atoms with van der Waals surface area (Å²) in [6.07, 6.45) is 0.856. The molecule has 3 aromatic carbocycles. The number of ether oxygens (including phenoxy) is 1. The number of rotatable bonds is 6. The highest BCUT2D eigenvalue weighted by Crippen LogP contribution is 2.32. The van der Waals surface area contributed by atoms with Crippen molar-refractivity contribution in [2.45, 2.75) is 13.3 Å². The maximum absolute atomic E-state index is 13.1. The minimum absolute atomic E-state index is 0.00619. The second-order valence-electron chi connectivity index (χ2n) is 7.29. The summed E-state index contributed by atoms with van der Waals surface area (Å²) in [6, 6.07) is 20.4. The first kappa shape index (κ1) is 22.2. The molecule has 33 heavy (non-hydrogen) atoms. The molecule has 4 rings (SSSR count). The van der Waals surface area contributed by atoms with Crippen molar-refractivity contribution in [2.75, 3.05) is 16.8 Å². The van der Waals surface area contributed by atoms with Crippen molar-refractivity contribution in [1.29, 1.82) is 0 Å². The van der Waals surface area contributed by atoms with Gasteiger partial charge >= 0.3 is 0 Å². The lowest BCUT2D eigenvalue weighted by Crippen LogP contribution is -2.34. The normalized spacial score (nSPS) is 12.3. The van der Waals surface area contributed by atoms with Gasteiger partial charge in [0, 0.05) is 5.56 Å². The van der Waals surface area contributed by atoms with Crippen LogP contribution in [0.1, 0.15) is 44.4 Å². The van der Waals surface area contributed by atoms with Gasteiger partial charge in [-0.2, -0.15) is 0 Å². The summed E-state index contributed by atoms with van der Waals surface area (Å²) in [4.78, 5) is 39.7. The molecule has 1 aliphatic heterocycles. The lowest BCUT2D eigenvalue weighted by Gasteiger charge is -2.14. The number of anilines is 2. The monoisotopic (exact) mass is 459 g/mol. The third kappa shape index (κ3) is 4.61. The van der Waals surface area contributed by atoms with E-state index in [2.05, 4.69) is 10.6 Å². The Hall–Kier alpha value is -4.04. The SMILES string of the molecule is CCCOc1cccc(C(=O)NC(=S)Nc2cccc3c2C(=O)N(c2ccccc2)C3=O)c1. The Labute approximate surface area is 196 Å². The molecule has 0 atom stereocenters. The number of nitrogens with one attached hydrogen (secondary N) is 2. The van der Waals surface area contributed by atoms with Crippen molar-refractivity contribution in [3.8, 4) is 5.75 Å². The van der Waals surface area contributed by atoms with Crippen LogP contribution in [0.4, 0.5) is 11.4 Å². The second kappa shape index (κ2) is 9.62. The number of carbonyl (C=O) groups excluding carboxylic acids is 3. The van der Waals surface area contributed by atoms with Crippen LogP contribution < -0.4 is 20.3 Å². The van der Waals surface area contributed by atoms with Crippen molar-refractivity contribution >= 4 is 46.4 Å². The van der Waals surface area contributed by atoms with Crippen molar-refractivity contribution in [3.63, 3.8) is 0 Å². The van der Waals surface area contributed by atoms with Gasteiger partial charge in [0.2, 0.25) is 0 Å². The summed E-state index contributed by atoms with van der Waals surface area (Å²) in [7, 11) is 0. The van der Waals surface area contributed by atoms with Crippen molar-refractivity contribution < 1.29 is 19.1 Å². The average Bonchev–Trinajstić information content (AvgIpc) is 3.09. The Morgan fingerprint density at radius 1 is 0.970 bits per heavy atom. The van der Waals surface area contributed by atoms with Crippen molar-refractivity contribution in [2.24, 2.45) is 0 Å². The highest BCUT2D eigenvalue weighted by atomic mass is 32.1. The van der Waals surface area contributed by atoms with Gasteiger partial charge in [-0.05, 0) is 61.1 Å². The quantitative estimate of drug-likeness (QED) is 0.420. The molecule has 3 amide bonds. The molecule has 0 aliphatic carbocycles. The minimum Gasteiger partial charge on any atom is -0.494 e. The Morgan fingerprint density at radius 2 is 1.73 bits per heavy atom. The zero-order valence-corrected chi connectivity index (χ0v) is 18.6. The van der Waals surface area contributed by atoms with Crippen LogP contribution >= 0.6 is 12.2 Å². The van der Waals surface area contributed by atoms with E-state index >= 15 is 0 Å². The largest absolute Gasteiger partial charge is 0.494 e. The minimum atomic E-state index is -0.459. The molecular weight excluding hydrogens is 438 g/mol. The summed E-state index contributed by atoms with van der Waals surface area (Å²) in [5.41, 5.74) is 1.68. The summed E-state index contributed by atoms with van der Waals surface area (Å²) >= 11 is 5.29. The molecule has 0 bridgehead atoms. The Bertz CT molecular complexity index is 1240. The first-order valence-corrected chi connectivity index (χ1v) is 10.8. The fourth-order valence-electron chi connectivity index (χ4n) is 3.48. The molecule has 1 heterocycles. The van der Waals surface area contributed by atoms with Gasteiger partial charge in [-0.3, -0.25) is 19.7 Å². The van der Waals surface area contributed by atoms with Crippen LogP contribution in [-0.2, 0) is 0 Å².